The number of halogens is 1. The first-order valence-corrected chi connectivity index (χ1v) is 5.89. The second-order valence-corrected chi connectivity index (χ2v) is 4.00. The Morgan fingerprint density at radius 3 is 2.88 bits per heavy atom. The molecule has 0 aliphatic carbocycles. The molecule has 0 fully saturated rings. The molecule has 2 N–H and O–H groups in total. The lowest BCUT2D eigenvalue weighted by atomic mass is 10.1. The van der Waals surface area contributed by atoms with Crippen molar-refractivity contribution in [3.8, 4) is 5.75 Å². The molecule has 96 valence electrons. The predicted octanol–water partition coefficient (Wildman–Crippen LogP) is 1.74. The minimum absolute atomic E-state index is 0.219. The van der Waals surface area contributed by atoms with E-state index in [2.05, 4.69) is 12.2 Å². The molecule has 0 bridgehead atoms. The molecule has 0 spiro atoms. The van der Waals surface area contributed by atoms with Crippen molar-refractivity contribution in [1.82, 2.24) is 5.32 Å². The van der Waals surface area contributed by atoms with E-state index in [-0.39, 0.29) is 11.6 Å². The molecule has 0 saturated heterocycles. The molecule has 1 atom stereocenters. The summed E-state index contributed by atoms with van der Waals surface area (Å²) in [6.07, 6.45) is 0.725. The summed E-state index contributed by atoms with van der Waals surface area (Å²) in [6, 6.07) is 4.96. The largest absolute Gasteiger partial charge is 0.494 e. The summed E-state index contributed by atoms with van der Waals surface area (Å²) in [4.78, 5) is 0. The Kier molecular flexibility index (Phi) is 5.94. The first-order chi connectivity index (χ1) is 8.19. The summed E-state index contributed by atoms with van der Waals surface area (Å²) in [5, 5.41) is 12.8. The Morgan fingerprint density at radius 2 is 2.24 bits per heavy atom. The van der Waals surface area contributed by atoms with Gasteiger partial charge in [-0.15, -0.1) is 0 Å². The van der Waals surface area contributed by atoms with Crippen molar-refractivity contribution in [3.63, 3.8) is 0 Å². The molecule has 0 amide bonds. The monoisotopic (exact) mass is 241 g/mol. The van der Waals surface area contributed by atoms with Gasteiger partial charge in [0.2, 0.25) is 0 Å². The van der Waals surface area contributed by atoms with Crippen LogP contribution in [-0.2, 0) is 6.42 Å². The quantitative estimate of drug-likeness (QED) is 0.714. The van der Waals surface area contributed by atoms with Gasteiger partial charge in [0.05, 0.1) is 13.2 Å². The smallest absolute Gasteiger partial charge is 0.168 e. The number of hydrogen-bond acceptors (Lipinski definition) is 3. The number of methoxy groups -OCH3 is 1. The second kappa shape index (κ2) is 7.25. The summed E-state index contributed by atoms with van der Waals surface area (Å²) in [5.74, 6) is -0.166. The third kappa shape index (κ3) is 4.32. The lowest BCUT2D eigenvalue weighted by molar-refractivity contribution is 0.170. The zero-order valence-electron chi connectivity index (χ0n) is 10.4. The zero-order chi connectivity index (χ0) is 12.7. The van der Waals surface area contributed by atoms with E-state index in [1.54, 1.807) is 18.2 Å². The molecular weight excluding hydrogens is 221 g/mol. The minimum Gasteiger partial charge on any atom is -0.494 e. The molecule has 0 aliphatic rings. The van der Waals surface area contributed by atoms with Gasteiger partial charge < -0.3 is 15.2 Å². The molecule has 0 saturated carbocycles. The maximum absolute atomic E-state index is 13.8. The molecular formula is C13H20FNO2. The molecule has 17 heavy (non-hydrogen) atoms. The van der Waals surface area contributed by atoms with E-state index in [0.29, 0.717) is 18.5 Å². The maximum Gasteiger partial charge on any atom is 0.168 e. The van der Waals surface area contributed by atoms with Crippen LogP contribution in [0.5, 0.6) is 5.75 Å². The molecule has 1 rings (SSSR count). The van der Waals surface area contributed by atoms with Gasteiger partial charge >= 0.3 is 0 Å². The fourth-order valence-corrected chi connectivity index (χ4v) is 1.64. The van der Waals surface area contributed by atoms with Crippen LogP contribution in [0, 0.1) is 5.82 Å². The van der Waals surface area contributed by atoms with Crippen LogP contribution in [0.4, 0.5) is 4.39 Å². The van der Waals surface area contributed by atoms with E-state index in [0.717, 1.165) is 13.0 Å². The Labute approximate surface area is 102 Å². The highest BCUT2D eigenvalue weighted by molar-refractivity contribution is 5.31. The maximum atomic E-state index is 13.8. The van der Waals surface area contributed by atoms with Crippen LogP contribution in [0.3, 0.4) is 0 Å². The van der Waals surface area contributed by atoms with Gasteiger partial charge in [-0.05, 0) is 24.6 Å². The van der Waals surface area contributed by atoms with Crippen molar-refractivity contribution in [3.05, 3.63) is 29.6 Å². The number of aliphatic hydroxyl groups excluding tert-OH is 1. The highest BCUT2D eigenvalue weighted by Crippen LogP contribution is 2.20. The summed E-state index contributed by atoms with van der Waals surface area (Å²) >= 11 is 0. The van der Waals surface area contributed by atoms with Crippen LogP contribution in [0.2, 0.25) is 0 Å². The highest BCUT2D eigenvalue weighted by Gasteiger charge is 2.12. The van der Waals surface area contributed by atoms with Crippen LogP contribution in [0.1, 0.15) is 18.9 Å². The minimum atomic E-state index is -0.580. The Morgan fingerprint density at radius 1 is 1.47 bits per heavy atom. The first kappa shape index (κ1) is 13.9. The number of ether oxygens (including phenoxy) is 1. The van der Waals surface area contributed by atoms with E-state index >= 15 is 0 Å². The number of rotatable bonds is 7. The SMILES string of the molecule is CCCNCC(O)Cc1cccc(OC)c1F. The molecule has 0 aliphatic heterocycles. The molecule has 1 unspecified atom stereocenters. The van der Waals surface area contributed by atoms with Gasteiger partial charge in [0.1, 0.15) is 0 Å². The van der Waals surface area contributed by atoms with Crippen LogP contribution in [0.15, 0.2) is 18.2 Å². The van der Waals surface area contributed by atoms with Crippen molar-refractivity contribution in [2.75, 3.05) is 20.2 Å². The van der Waals surface area contributed by atoms with E-state index in [4.69, 9.17) is 4.74 Å². The topological polar surface area (TPSA) is 41.5 Å². The summed E-state index contributed by atoms with van der Waals surface area (Å²) in [7, 11) is 1.43. The summed E-state index contributed by atoms with van der Waals surface area (Å²) in [5.41, 5.74) is 0.482. The Balaban J connectivity index is 2.55. The molecule has 3 nitrogen and oxygen atoms in total. The van der Waals surface area contributed by atoms with E-state index in [1.807, 2.05) is 0 Å². The van der Waals surface area contributed by atoms with E-state index < -0.39 is 6.10 Å². The lowest BCUT2D eigenvalue weighted by Crippen LogP contribution is -2.29. The molecule has 0 heterocycles. The van der Waals surface area contributed by atoms with E-state index in [1.165, 1.54) is 7.11 Å². The average molecular weight is 241 g/mol. The summed E-state index contributed by atoms with van der Waals surface area (Å²) in [6.45, 7) is 3.39. The van der Waals surface area contributed by atoms with Crippen molar-refractivity contribution < 1.29 is 14.2 Å². The van der Waals surface area contributed by atoms with Crippen molar-refractivity contribution >= 4 is 0 Å². The van der Waals surface area contributed by atoms with Gasteiger partial charge in [0.15, 0.2) is 11.6 Å². The normalized spacial score (nSPS) is 12.5. The van der Waals surface area contributed by atoms with Crippen LogP contribution < -0.4 is 10.1 Å². The van der Waals surface area contributed by atoms with Crippen molar-refractivity contribution in [2.45, 2.75) is 25.9 Å². The number of aliphatic hydroxyl groups is 1. The Hall–Kier alpha value is -1.13. The van der Waals surface area contributed by atoms with Gasteiger partial charge in [-0.3, -0.25) is 0 Å². The van der Waals surface area contributed by atoms with Gasteiger partial charge in [-0.2, -0.15) is 0 Å². The molecule has 0 radical (unpaired) electrons. The van der Waals surface area contributed by atoms with Crippen LogP contribution in [-0.4, -0.2) is 31.4 Å². The van der Waals surface area contributed by atoms with Crippen LogP contribution in [0.25, 0.3) is 0 Å². The van der Waals surface area contributed by atoms with Crippen molar-refractivity contribution in [1.29, 1.82) is 0 Å². The standard InChI is InChI=1S/C13H20FNO2/c1-3-7-15-9-11(16)8-10-5-4-6-12(17-2)13(10)14/h4-6,11,15-16H,3,7-9H2,1-2H3. The van der Waals surface area contributed by atoms with Gasteiger partial charge in [0, 0.05) is 13.0 Å². The average Bonchev–Trinajstić information content (AvgIpc) is 2.32. The van der Waals surface area contributed by atoms with Crippen molar-refractivity contribution in [2.24, 2.45) is 0 Å². The second-order valence-electron chi connectivity index (χ2n) is 4.00. The third-order valence-corrected chi connectivity index (χ3v) is 2.53. The molecule has 1 aromatic rings. The summed E-state index contributed by atoms with van der Waals surface area (Å²) < 4.78 is 18.7. The molecule has 1 aromatic carbocycles. The number of nitrogens with one attached hydrogen (secondary N) is 1. The predicted molar refractivity (Wildman–Crippen MR) is 65.8 cm³/mol. The number of benzene rings is 1. The zero-order valence-corrected chi connectivity index (χ0v) is 10.4. The highest BCUT2D eigenvalue weighted by atomic mass is 19.1. The van der Waals surface area contributed by atoms with Gasteiger partial charge in [-0.25, -0.2) is 4.39 Å². The van der Waals surface area contributed by atoms with Crippen LogP contribution >= 0.6 is 0 Å². The number of hydrogen-bond donors (Lipinski definition) is 2. The first-order valence-electron chi connectivity index (χ1n) is 5.89. The van der Waals surface area contributed by atoms with Gasteiger partial charge in [0.25, 0.3) is 0 Å². The fourth-order valence-electron chi connectivity index (χ4n) is 1.64. The third-order valence-electron chi connectivity index (χ3n) is 2.53. The lowest BCUT2D eigenvalue weighted by Gasteiger charge is -2.13. The molecule has 4 heteroatoms. The van der Waals surface area contributed by atoms with Gasteiger partial charge in [-0.1, -0.05) is 19.1 Å². The molecule has 0 aromatic heterocycles. The Bertz CT molecular complexity index is 344. The fraction of sp³-hybridized carbons (Fsp3) is 0.538. The van der Waals surface area contributed by atoms with E-state index in [9.17, 15) is 9.50 Å².